The fourth-order valence-corrected chi connectivity index (χ4v) is 3.43. The number of ether oxygens (including phenoxy) is 3. The van der Waals surface area contributed by atoms with Crippen LogP contribution in [0, 0.1) is 10.5 Å². The normalized spacial score (nSPS) is 10.7. The number of benzene rings is 3. The van der Waals surface area contributed by atoms with E-state index in [-0.39, 0.29) is 5.91 Å². The van der Waals surface area contributed by atoms with Crippen molar-refractivity contribution in [3.8, 4) is 17.2 Å². The molecule has 0 unspecified atom stereocenters. The molecular formula is C24H23IN2O4. The fraction of sp³-hybridized carbons (Fsp3) is 0.167. The van der Waals surface area contributed by atoms with Crippen LogP contribution in [0.2, 0.25) is 0 Å². The van der Waals surface area contributed by atoms with Crippen molar-refractivity contribution in [2.75, 3.05) is 14.2 Å². The Morgan fingerprint density at radius 3 is 2.55 bits per heavy atom. The minimum absolute atomic E-state index is 0.323. The Labute approximate surface area is 195 Å². The van der Waals surface area contributed by atoms with E-state index < -0.39 is 0 Å². The van der Waals surface area contributed by atoms with Gasteiger partial charge in [-0.05, 0) is 77.0 Å². The van der Waals surface area contributed by atoms with Crippen molar-refractivity contribution in [3.05, 3.63) is 86.5 Å². The summed E-state index contributed by atoms with van der Waals surface area (Å²) < 4.78 is 17.5. The predicted molar refractivity (Wildman–Crippen MR) is 129 cm³/mol. The standard InChI is InChI=1S/C24H23IN2O4/c1-16-5-4-6-18(11-16)15-31-21-10-7-17(12-23(21)30-3)14-26-27-24(28)19-8-9-20(25)22(13-19)29-2/h4-14H,15H2,1-3H3,(H,27,28)/b26-14-. The van der Waals surface area contributed by atoms with Gasteiger partial charge in [-0.1, -0.05) is 29.8 Å². The van der Waals surface area contributed by atoms with E-state index >= 15 is 0 Å². The van der Waals surface area contributed by atoms with Crippen LogP contribution in [-0.2, 0) is 6.61 Å². The molecule has 7 heteroatoms. The lowest BCUT2D eigenvalue weighted by atomic mass is 10.1. The number of carbonyl (C=O) groups excluding carboxylic acids is 1. The zero-order valence-electron chi connectivity index (χ0n) is 17.5. The molecule has 3 rings (SSSR count). The number of aryl methyl sites for hydroxylation is 1. The average molecular weight is 530 g/mol. The van der Waals surface area contributed by atoms with Crippen LogP contribution in [0.3, 0.4) is 0 Å². The van der Waals surface area contributed by atoms with Crippen molar-refractivity contribution in [3.63, 3.8) is 0 Å². The van der Waals surface area contributed by atoms with Gasteiger partial charge in [-0.25, -0.2) is 5.43 Å². The van der Waals surface area contributed by atoms with Gasteiger partial charge in [0.2, 0.25) is 0 Å². The number of carbonyl (C=O) groups is 1. The quantitative estimate of drug-likeness (QED) is 0.254. The van der Waals surface area contributed by atoms with Crippen molar-refractivity contribution in [2.45, 2.75) is 13.5 Å². The number of methoxy groups -OCH3 is 2. The molecule has 0 aliphatic heterocycles. The first-order valence-electron chi connectivity index (χ1n) is 9.53. The molecule has 31 heavy (non-hydrogen) atoms. The summed E-state index contributed by atoms with van der Waals surface area (Å²) in [6, 6.07) is 18.8. The first-order valence-corrected chi connectivity index (χ1v) is 10.6. The molecule has 3 aromatic rings. The number of hydrazone groups is 1. The molecule has 0 spiro atoms. The summed E-state index contributed by atoms with van der Waals surface area (Å²) in [4.78, 5) is 12.3. The van der Waals surface area contributed by atoms with E-state index in [1.807, 2.05) is 43.3 Å². The molecule has 0 saturated heterocycles. The van der Waals surface area contributed by atoms with E-state index in [0.717, 1.165) is 14.7 Å². The molecule has 0 radical (unpaired) electrons. The molecule has 1 N–H and O–H groups in total. The number of hydrogen-bond acceptors (Lipinski definition) is 5. The number of rotatable bonds is 8. The number of halogens is 1. The molecule has 0 heterocycles. The monoisotopic (exact) mass is 530 g/mol. The Balaban J connectivity index is 1.63. The summed E-state index contributed by atoms with van der Waals surface area (Å²) in [5.74, 6) is 1.54. The number of nitrogens with one attached hydrogen (secondary N) is 1. The van der Waals surface area contributed by atoms with Gasteiger partial charge in [-0.15, -0.1) is 0 Å². The molecule has 160 valence electrons. The summed E-state index contributed by atoms with van der Waals surface area (Å²) in [6.45, 7) is 2.49. The van der Waals surface area contributed by atoms with Crippen LogP contribution in [-0.4, -0.2) is 26.3 Å². The van der Waals surface area contributed by atoms with Crippen molar-refractivity contribution in [1.29, 1.82) is 0 Å². The zero-order chi connectivity index (χ0) is 22.2. The van der Waals surface area contributed by atoms with Gasteiger partial charge in [0.15, 0.2) is 11.5 Å². The first-order chi connectivity index (χ1) is 15.0. The highest BCUT2D eigenvalue weighted by atomic mass is 127. The number of amides is 1. The third-order valence-corrected chi connectivity index (χ3v) is 5.35. The van der Waals surface area contributed by atoms with Gasteiger partial charge < -0.3 is 14.2 Å². The smallest absolute Gasteiger partial charge is 0.271 e. The first kappa shape index (κ1) is 22.6. The van der Waals surface area contributed by atoms with Crippen molar-refractivity contribution in [2.24, 2.45) is 5.10 Å². The van der Waals surface area contributed by atoms with E-state index in [4.69, 9.17) is 14.2 Å². The molecule has 3 aromatic carbocycles. The molecule has 0 aromatic heterocycles. The second-order valence-electron chi connectivity index (χ2n) is 6.74. The Morgan fingerprint density at radius 1 is 1.00 bits per heavy atom. The predicted octanol–water partition coefficient (Wildman–Crippen LogP) is 4.96. The molecule has 0 aliphatic rings. The molecular weight excluding hydrogens is 507 g/mol. The van der Waals surface area contributed by atoms with Crippen molar-refractivity contribution in [1.82, 2.24) is 5.43 Å². The highest BCUT2D eigenvalue weighted by Crippen LogP contribution is 2.28. The van der Waals surface area contributed by atoms with Crippen LogP contribution >= 0.6 is 22.6 Å². The van der Waals surface area contributed by atoms with Crippen LogP contribution in [0.1, 0.15) is 27.0 Å². The fourth-order valence-electron chi connectivity index (χ4n) is 2.88. The third kappa shape index (κ3) is 6.21. The maximum atomic E-state index is 12.3. The van der Waals surface area contributed by atoms with E-state index in [1.54, 1.807) is 38.6 Å². The van der Waals surface area contributed by atoms with E-state index in [9.17, 15) is 4.79 Å². The van der Waals surface area contributed by atoms with Crippen LogP contribution in [0.15, 0.2) is 65.8 Å². The summed E-state index contributed by atoms with van der Waals surface area (Å²) >= 11 is 2.15. The topological polar surface area (TPSA) is 69.2 Å². The van der Waals surface area contributed by atoms with Gasteiger partial charge in [0.25, 0.3) is 5.91 Å². The van der Waals surface area contributed by atoms with Gasteiger partial charge in [0, 0.05) is 5.56 Å². The van der Waals surface area contributed by atoms with Gasteiger partial charge in [0.1, 0.15) is 12.4 Å². The van der Waals surface area contributed by atoms with Gasteiger partial charge in [-0.3, -0.25) is 4.79 Å². The van der Waals surface area contributed by atoms with Crippen LogP contribution in [0.4, 0.5) is 0 Å². The minimum Gasteiger partial charge on any atom is -0.496 e. The number of nitrogens with zero attached hydrogens (tertiary/aromatic N) is 1. The third-order valence-electron chi connectivity index (χ3n) is 4.46. The van der Waals surface area contributed by atoms with Crippen LogP contribution in [0.5, 0.6) is 17.2 Å². The van der Waals surface area contributed by atoms with Crippen molar-refractivity contribution >= 4 is 34.7 Å². The zero-order valence-corrected chi connectivity index (χ0v) is 19.7. The lowest BCUT2D eigenvalue weighted by Gasteiger charge is -2.11. The van der Waals surface area contributed by atoms with E-state index in [2.05, 4.69) is 39.2 Å². The van der Waals surface area contributed by atoms with E-state index in [1.165, 1.54) is 5.56 Å². The summed E-state index contributed by atoms with van der Waals surface area (Å²) in [5.41, 5.74) is 6.02. The molecule has 1 amide bonds. The minimum atomic E-state index is -0.323. The van der Waals surface area contributed by atoms with Crippen molar-refractivity contribution < 1.29 is 19.0 Å². The molecule has 0 atom stereocenters. The summed E-state index contributed by atoms with van der Waals surface area (Å²) in [6.07, 6.45) is 1.55. The Hall–Kier alpha value is -3.07. The lowest BCUT2D eigenvalue weighted by Crippen LogP contribution is -2.17. The van der Waals surface area contributed by atoms with Crippen LogP contribution in [0.25, 0.3) is 0 Å². The van der Waals surface area contributed by atoms with Gasteiger partial charge in [0.05, 0.1) is 24.0 Å². The average Bonchev–Trinajstić information content (AvgIpc) is 2.78. The van der Waals surface area contributed by atoms with Gasteiger partial charge in [-0.2, -0.15) is 5.10 Å². The second kappa shape index (κ2) is 10.8. The molecule has 0 saturated carbocycles. The maximum Gasteiger partial charge on any atom is 0.271 e. The summed E-state index contributed by atoms with van der Waals surface area (Å²) in [7, 11) is 3.15. The lowest BCUT2D eigenvalue weighted by molar-refractivity contribution is 0.0954. The second-order valence-corrected chi connectivity index (χ2v) is 7.90. The molecule has 0 fully saturated rings. The summed E-state index contributed by atoms with van der Waals surface area (Å²) in [5, 5.41) is 4.04. The Kier molecular flexibility index (Phi) is 7.88. The Bertz CT molecular complexity index is 1100. The molecule has 0 aliphatic carbocycles. The van der Waals surface area contributed by atoms with Crippen LogP contribution < -0.4 is 19.6 Å². The van der Waals surface area contributed by atoms with E-state index in [0.29, 0.717) is 29.4 Å². The largest absolute Gasteiger partial charge is 0.496 e. The highest BCUT2D eigenvalue weighted by Gasteiger charge is 2.09. The molecule has 0 bridgehead atoms. The molecule has 6 nitrogen and oxygen atoms in total. The number of hydrogen-bond donors (Lipinski definition) is 1. The highest BCUT2D eigenvalue weighted by molar-refractivity contribution is 14.1. The maximum absolute atomic E-state index is 12.3. The van der Waals surface area contributed by atoms with Gasteiger partial charge >= 0.3 is 0 Å². The Morgan fingerprint density at radius 2 is 1.81 bits per heavy atom. The SMILES string of the molecule is COc1cc(C(=O)N/N=C\c2ccc(OCc3cccc(C)c3)c(OC)c2)ccc1I.